The highest BCUT2D eigenvalue weighted by atomic mass is 79.9. The summed E-state index contributed by atoms with van der Waals surface area (Å²) in [5.74, 6) is -0.439. The predicted octanol–water partition coefficient (Wildman–Crippen LogP) is 4.57. The van der Waals surface area contributed by atoms with Gasteiger partial charge in [0, 0.05) is 5.56 Å². The topological polar surface area (TPSA) is 91.3 Å². The largest absolute Gasteiger partial charge is 0.493 e. The average Bonchev–Trinajstić information content (AvgIpc) is 3.16. The summed E-state index contributed by atoms with van der Waals surface area (Å²) in [5.41, 5.74) is 1.94. The molecule has 0 N–H and O–H groups in total. The van der Waals surface area contributed by atoms with Crippen molar-refractivity contribution >= 4 is 43.8 Å². The van der Waals surface area contributed by atoms with Gasteiger partial charge in [-0.2, -0.15) is 8.42 Å². The van der Waals surface area contributed by atoms with E-state index in [-0.39, 0.29) is 22.0 Å². The van der Waals surface area contributed by atoms with Gasteiger partial charge in [0.1, 0.15) is 10.6 Å². The molecular formula is C23H16BrNO6S. The second-order valence-corrected chi connectivity index (χ2v) is 9.03. The van der Waals surface area contributed by atoms with Crippen LogP contribution >= 0.6 is 15.9 Å². The number of carbonyl (C=O) groups excluding carboxylic acids is 1. The van der Waals surface area contributed by atoms with Crippen LogP contribution in [0.15, 0.2) is 92.9 Å². The molecule has 4 rings (SSSR count). The van der Waals surface area contributed by atoms with Gasteiger partial charge in [-0.1, -0.05) is 53.7 Å². The summed E-state index contributed by atoms with van der Waals surface area (Å²) in [6.07, 6.45) is 1.59. The van der Waals surface area contributed by atoms with E-state index in [1.54, 1.807) is 36.4 Å². The zero-order valence-electron chi connectivity index (χ0n) is 16.7. The van der Waals surface area contributed by atoms with Crippen molar-refractivity contribution in [1.29, 1.82) is 0 Å². The molecule has 32 heavy (non-hydrogen) atoms. The summed E-state index contributed by atoms with van der Waals surface area (Å²) in [5, 5.41) is 3.88. The van der Waals surface area contributed by atoms with E-state index in [2.05, 4.69) is 21.1 Å². The molecular weight excluding hydrogens is 498 g/mol. The zero-order chi connectivity index (χ0) is 22.7. The Morgan fingerprint density at radius 1 is 1.00 bits per heavy atom. The number of rotatable bonds is 6. The summed E-state index contributed by atoms with van der Waals surface area (Å²) < 4.78 is 36.3. The van der Waals surface area contributed by atoms with Crippen LogP contribution in [0.1, 0.15) is 11.1 Å². The molecule has 3 aromatic rings. The molecule has 0 aromatic heterocycles. The van der Waals surface area contributed by atoms with Gasteiger partial charge >= 0.3 is 16.1 Å². The van der Waals surface area contributed by atoms with Gasteiger partial charge in [-0.25, -0.2) is 4.79 Å². The van der Waals surface area contributed by atoms with Crippen LogP contribution in [0.4, 0.5) is 0 Å². The van der Waals surface area contributed by atoms with Crippen LogP contribution in [0.5, 0.6) is 11.5 Å². The van der Waals surface area contributed by atoms with Crippen molar-refractivity contribution in [3.05, 3.63) is 94.0 Å². The first-order valence-electron chi connectivity index (χ1n) is 9.33. The van der Waals surface area contributed by atoms with Gasteiger partial charge in [-0.15, -0.1) is 0 Å². The van der Waals surface area contributed by atoms with E-state index in [1.165, 1.54) is 19.2 Å². The lowest BCUT2D eigenvalue weighted by Gasteiger charge is -2.13. The molecule has 0 fully saturated rings. The number of halogens is 1. The molecule has 0 spiro atoms. The van der Waals surface area contributed by atoms with E-state index in [1.807, 2.05) is 30.3 Å². The second-order valence-electron chi connectivity index (χ2n) is 6.63. The van der Waals surface area contributed by atoms with Crippen LogP contribution in [-0.4, -0.2) is 27.2 Å². The van der Waals surface area contributed by atoms with Crippen molar-refractivity contribution < 1.29 is 27.0 Å². The number of ether oxygens (including phenoxy) is 1. The minimum Gasteiger partial charge on any atom is -0.493 e. The lowest BCUT2D eigenvalue weighted by Crippen LogP contribution is -2.11. The number of hydrogen-bond donors (Lipinski definition) is 0. The van der Waals surface area contributed by atoms with E-state index in [0.29, 0.717) is 15.7 Å². The summed E-state index contributed by atoms with van der Waals surface area (Å²) in [4.78, 5) is 17.1. The van der Waals surface area contributed by atoms with Crippen LogP contribution < -0.4 is 8.92 Å². The number of hydrogen-bond acceptors (Lipinski definition) is 7. The van der Waals surface area contributed by atoms with Crippen LogP contribution in [0.25, 0.3) is 6.08 Å². The smallest absolute Gasteiger partial charge is 0.368 e. The fourth-order valence-corrected chi connectivity index (χ4v) is 4.66. The van der Waals surface area contributed by atoms with Crippen molar-refractivity contribution in [2.24, 2.45) is 5.16 Å². The number of methoxy groups -OCH3 is 1. The first-order valence-corrected chi connectivity index (χ1v) is 11.5. The Morgan fingerprint density at radius 3 is 2.31 bits per heavy atom. The van der Waals surface area contributed by atoms with Gasteiger partial charge in [0.05, 0.1) is 17.2 Å². The summed E-state index contributed by atoms with van der Waals surface area (Å²) in [7, 11) is -2.69. The monoisotopic (exact) mass is 513 g/mol. The molecule has 0 saturated carbocycles. The molecule has 162 valence electrons. The fraction of sp³-hybridized carbons (Fsp3) is 0.0435. The standard InChI is InChI=1S/C23H16BrNO6S/c1-29-20-14-15(12-18-21(25-30-23(18)26)16-8-4-2-5-9-16)13-19(24)22(20)31-32(27,28)17-10-6-3-7-11-17/h2-14H,1H3/b18-12-. The maximum Gasteiger partial charge on any atom is 0.368 e. The average molecular weight is 514 g/mol. The molecule has 3 aromatic carbocycles. The number of carbonyl (C=O) groups is 1. The summed E-state index contributed by atoms with van der Waals surface area (Å²) in [6, 6.07) is 20.1. The SMILES string of the molecule is COc1cc(/C=C2\C(=O)ON=C2c2ccccc2)cc(Br)c1OS(=O)(=O)c1ccccc1. The Kier molecular flexibility index (Phi) is 6.11. The molecule has 9 heteroatoms. The molecule has 1 heterocycles. The van der Waals surface area contributed by atoms with E-state index in [4.69, 9.17) is 13.8 Å². The van der Waals surface area contributed by atoms with Crippen molar-refractivity contribution in [2.75, 3.05) is 7.11 Å². The molecule has 1 aliphatic rings. The molecule has 0 radical (unpaired) electrons. The zero-order valence-corrected chi connectivity index (χ0v) is 19.1. The highest BCUT2D eigenvalue weighted by Crippen LogP contribution is 2.39. The van der Waals surface area contributed by atoms with Crippen LogP contribution in [0.3, 0.4) is 0 Å². The number of oxime groups is 1. The third kappa shape index (κ3) is 4.44. The molecule has 0 aliphatic carbocycles. The van der Waals surface area contributed by atoms with Gasteiger partial charge < -0.3 is 13.8 Å². The van der Waals surface area contributed by atoms with Crippen molar-refractivity contribution in [1.82, 2.24) is 0 Å². The van der Waals surface area contributed by atoms with E-state index >= 15 is 0 Å². The highest BCUT2D eigenvalue weighted by molar-refractivity contribution is 9.10. The Labute approximate surface area is 193 Å². The van der Waals surface area contributed by atoms with Gasteiger partial charge in [0.2, 0.25) is 0 Å². The minimum atomic E-state index is -4.08. The van der Waals surface area contributed by atoms with Gasteiger partial charge in [0.15, 0.2) is 11.5 Å². The molecule has 0 atom stereocenters. The fourth-order valence-electron chi connectivity index (χ4n) is 3.03. The van der Waals surface area contributed by atoms with Crippen molar-refractivity contribution in [3.63, 3.8) is 0 Å². The highest BCUT2D eigenvalue weighted by Gasteiger charge is 2.27. The van der Waals surface area contributed by atoms with Crippen LogP contribution in [0.2, 0.25) is 0 Å². The minimum absolute atomic E-state index is 0.00977. The van der Waals surface area contributed by atoms with E-state index in [9.17, 15) is 13.2 Å². The Balaban J connectivity index is 1.71. The molecule has 0 bridgehead atoms. The second kappa shape index (κ2) is 8.97. The molecule has 0 saturated heterocycles. The predicted molar refractivity (Wildman–Crippen MR) is 122 cm³/mol. The van der Waals surface area contributed by atoms with Crippen LogP contribution in [0, 0.1) is 0 Å². The molecule has 0 unspecified atom stereocenters. The molecule has 7 nitrogen and oxygen atoms in total. The number of benzene rings is 3. The first kappa shape index (κ1) is 21.8. The quantitative estimate of drug-likeness (QED) is 0.272. The van der Waals surface area contributed by atoms with Crippen molar-refractivity contribution in [2.45, 2.75) is 4.90 Å². The Morgan fingerprint density at radius 2 is 1.66 bits per heavy atom. The van der Waals surface area contributed by atoms with Crippen molar-refractivity contribution in [3.8, 4) is 11.5 Å². The normalized spacial score (nSPS) is 14.8. The van der Waals surface area contributed by atoms with Crippen LogP contribution in [-0.2, 0) is 19.8 Å². The lowest BCUT2D eigenvalue weighted by atomic mass is 10.0. The number of nitrogens with zero attached hydrogens (tertiary/aromatic N) is 1. The van der Waals surface area contributed by atoms with Gasteiger partial charge in [0.25, 0.3) is 0 Å². The molecule has 0 amide bonds. The third-order valence-corrected chi connectivity index (χ3v) is 6.35. The first-order chi connectivity index (χ1) is 15.4. The van der Waals surface area contributed by atoms with E-state index in [0.717, 1.165) is 5.56 Å². The third-order valence-electron chi connectivity index (χ3n) is 4.53. The Bertz CT molecular complexity index is 1340. The van der Waals surface area contributed by atoms with Gasteiger partial charge in [-0.3, -0.25) is 0 Å². The van der Waals surface area contributed by atoms with E-state index < -0.39 is 16.1 Å². The van der Waals surface area contributed by atoms with Gasteiger partial charge in [-0.05, 0) is 51.8 Å². The molecule has 1 aliphatic heterocycles. The summed E-state index contributed by atoms with van der Waals surface area (Å²) >= 11 is 3.34. The maximum atomic E-state index is 12.6. The lowest BCUT2D eigenvalue weighted by molar-refractivity contribution is -0.136. The summed E-state index contributed by atoms with van der Waals surface area (Å²) in [6.45, 7) is 0. The Hall–Kier alpha value is -3.43. The maximum absolute atomic E-state index is 12.6.